The molecule has 0 aromatic heterocycles. The summed E-state index contributed by atoms with van der Waals surface area (Å²) in [7, 11) is 2.06. The van der Waals surface area contributed by atoms with Crippen molar-refractivity contribution in [1.82, 2.24) is 5.32 Å². The molecule has 0 aliphatic rings. The Morgan fingerprint density at radius 3 is 2.15 bits per heavy atom. The Kier molecular flexibility index (Phi) is 4.97. The fraction of sp³-hybridized carbons (Fsp3) is 0.368. The summed E-state index contributed by atoms with van der Waals surface area (Å²) in [6.07, 6.45) is 2.16. The molecule has 0 amide bonds. The van der Waals surface area contributed by atoms with Crippen LogP contribution >= 0.6 is 0 Å². The minimum Gasteiger partial charge on any atom is -0.316 e. The van der Waals surface area contributed by atoms with Gasteiger partial charge in [-0.15, -0.1) is 0 Å². The Hall–Kier alpha value is -1.60. The quantitative estimate of drug-likeness (QED) is 0.864. The van der Waals surface area contributed by atoms with Crippen LogP contribution in [0.2, 0.25) is 0 Å². The van der Waals surface area contributed by atoms with Gasteiger partial charge in [-0.05, 0) is 62.9 Å². The Morgan fingerprint density at radius 1 is 0.900 bits per heavy atom. The summed E-state index contributed by atoms with van der Waals surface area (Å²) < 4.78 is 0. The Labute approximate surface area is 123 Å². The smallest absolute Gasteiger partial charge is 0.0145 e. The fourth-order valence-electron chi connectivity index (χ4n) is 2.82. The zero-order valence-electron chi connectivity index (χ0n) is 13.0. The molecule has 1 heteroatoms. The summed E-state index contributed by atoms with van der Waals surface area (Å²) in [5, 5.41) is 3.47. The molecule has 0 fully saturated rings. The third-order valence-corrected chi connectivity index (χ3v) is 4.07. The molecule has 0 spiro atoms. The third-order valence-electron chi connectivity index (χ3n) is 4.07. The Balaban J connectivity index is 2.13. The van der Waals surface area contributed by atoms with Crippen LogP contribution in [-0.4, -0.2) is 13.1 Å². The summed E-state index contributed by atoms with van der Waals surface area (Å²) in [4.78, 5) is 0. The number of hydrogen-bond donors (Lipinski definition) is 1. The lowest BCUT2D eigenvalue weighted by Crippen LogP contribution is -2.30. The molecule has 1 atom stereocenters. The van der Waals surface area contributed by atoms with E-state index in [1.165, 1.54) is 27.8 Å². The van der Waals surface area contributed by atoms with Crippen LogP contribution in [0.5, 0.6) is 0 Å². The van der Waals surface area contributed by atoms with Crippen molar-refractivity contribution in [3.8, 4) is 0 Å². The summed E-state index contributed by atoms with van der Waals surface area (Å²) in [5.41, 5.74) is 7.03. The predicted molar refractivity (Wildman–Crippen MR) is 87.4 cm³/mol. The molecule has 0 aliphatic carbocycles. The summed E-state index contributed by atoms with van der Waals surface area (Å²) in [6, 6.07) is 15.9. The van der Waals surface area contributed by atoms with Gasteiger partial charge in [0.2, 0.25) is 0 Å². The first-order valence-electron chi connectivity index (χ1n) is 7.38. The number of nitrogens with one attached hydrogen (secondary N) is 1. The van der Waals surface area contributed by atoms with Crippen molar-refractivity contribution >= 4 is 0 Å². The van der Waals surface area contributed by atoms with E-state index in [4.69, 9.17) is 0 Å². The second-order valence-electron chi connectivity index (χ2n) is 5.75. The topological polar surface area (TPSA) is 12.0 Å². The van der Waals surface area contributed by atoms with Crippen LogP contribution in [0, 0.1) is 20.8 Å². The standard InChI is InChI=1S/C19H25N/c1-14-7-5-10-17(11-14)12-18(20-4)13-19-15(2)8-6-9-16(19)3/h5-11,18,20H,12-13H2,1-4H3. The molecule has 0 bridgehead atoms. The SMILES string of the molecule is CNC(Cc1cccc(C)c1)Cc1c(C)cccc1C. The molecular formula is C19H25N. The van der Waals surface area contributed by atoms with E-state index in [2.05, 4.69) is 75.6 Å². The van der Waals surface area contributed by atoms with Crippen LogP contribution in [0.25, 0.3) is 0 Å². The van der Waals surface area contributed by atoms with Crippen LogP contribution in [0.3, 0.4) is 0 Å². The Morgan fingerprint density at radius 2 is 1.55 bits per heavy atom. The van der Waals surface area contributed by atoms with Gasteiger partial charge in [0.05, 0.1) is 0 Å². The number of hydrogen-bond acceptors (Lipinski definition) is 1. The Bertz CT molecular complexity index is 551. The molecule has 0 saturated heterocycles. The van der Waals surface area contributed by atoms with Crippen molar-refractivity contribution in [1.29, 1.82) is 0 Å². The highest BCUT2D eigenvalue weighted by molar-refractivity contribution is 5.34. The maximum Gasteiger partial charge on any atom is 0.0145 e. The number of rotatable bonds is 5. The third kappa shape index (κ3) is 3.71. The van der Waals surface area contributed by atoms with Gasteiger partial charge in [-0.25, -0.2) is 0 Å². The molecule has 2 rings (SSSR count). The lowest BCUT2D eigenvalue weighted by molar-refractivity contribution is 0.554. The number of aryl methyl sites for hydroxylation is 3. The van der Waals surface area contributed by atoms with Crippen molar-refractivity contribution in [3.63, 3.8) is 0 Å². The molecule has 0 saturated carbocycles. The molecule has 0 heterocycles. The van der Waals surface area contributed by atoms with Crippen LogP contribution in [0.4, 0.5) is 0 Å². The van der Waals surface area contributed by atoms with E-state index in [1.807, 2.05) is 0 Å². The average Bonchev–Trinajstić information content (AvgIpc) is 2.42. The number of benzene rings is 2. The molecule has 0 radical (unpaired) electrons. The van der Waals surface area contributed by atoms with Crippen LogP contribution in [0.15, 0.2) is 42.5 Å². The molecule has 1 N–H and O–H groups in total. The molecule has 106 valence electrons. The van der Waals surface area contributed by atoms with Gasteiger partial charge in [-0.2, -0.15) is 0 Å². The van der Waals surface area contributed by atoms with Gasteiger partial charge in [0.1, 0.15) is 0 Å². The monoisotopic (exact) mass is 267 g/mol. The maximum atomic E-state index is 3.47. The predicted octanol–water partition coefficient (Wildman–Crippen LogP) is 3.99. The summed E-state index contributed by atoms with van der Waals surface area (Å²) in [5.74, 6) is 0. The van der Waals surface area contributed by atoms with E-state index in [-0.39, 0.29) is 0 Å². The van der Waals surface area contributed by atoms with Gasteiger partial charge in [-0.3, -0.25) is 0 Å². The second-order valence-corrected chi connectivity index (χ2v) is 5.75. The van der Waals surface area contributed by atoms with Crippen molar-refractivity contribution < 1.29 is 0 Å². The average molecular weight is 267 g/mol. The lowest BCUT2D eigenvalue weighted by Gasteiger charge is -2.19. The highest BCUT2D eigenvalue weighted by Crippen LogP contribution is 2.17. The van der Waals surface area contributed by atoms with E-state index in [9.17, 15) is 0 Å². The molecule has 20 heavy (non-hydrogen) atoms. The first-order valence-corrected chi connectivity index (χ1v) is 7.38. The van der Waals surface area contributed by atoms with E-state index in [0.29, 0.717) is 6.04 Å². The van der Waals surface area contributed by atoms with Crippen molar-refractivity contribution in [2.45, 2.75) is 39.7 Å². The fourth-order valence-corrected chi connectivity index (χ4v) is 2.82. The molecule has 1 unspecified atom stereocenters. The van der Waals surface area contributed by atoms with Crippen molar-refractivity contribution in [2.75, 3.05) is 7.05 Å². The summed E-state index contributed by atoms with van der Waals surface area (Å²) in [6.45, 7) is 6.58. The van der Waals surface area contributed by atoms with E-state index >= 15 is 0 Å². The molecule has 2 aromatic carbocycles. The van der Waals surface area contributed by atoms with Gasteiger partial charge in [0.15, 0.2) is 0 Å². The van der Waals surface area contributed by atoms with Crippen molar-refractivity contribution in [3.05, 3.63) is 70.3 Å². The number of likely N-dealkylation sites (N-methyl/N-ethyl adjacent to an activating group) is 1. The van der Waals surface area contributed by atoms with Gasteiger partial charge in [-0.1, -0.05) is 48.0 Å². The van der Waals surface area contributed by atoms with Crippen LogP contribution in [-0.2, 0) is 12.8 Å². The summed E-state index contributed by atoms with van der Waals surface area (Å²) >= 11 is 0. The maximum absolute atomic E-state index is 3.47. The zero-order chi connectivity index (χ0) is 14.5. The van der Waals surface area contributed by atoms with Gasteiger partial charge >= 0.3 is 0 Å². The van der Waals surface area contributed by atoms with Gasteiger partial charge < -0.3 is 5.32 Å². The highest BCUT2D eigenvalue weighted by Gasteiger charge is 2.11. The zero-order valence-corrected chi connectivity index (χ0v) is 13.0. The van der Waals surface area contributed by atoms with E-state index in [0.717, 1.165) is 12.8 Å². The molecule has 1 nitrogen and oxygen atoms in total. The lowest BCUT2D eigenvalue weighted by atomic mass is 9.93. The van der Waals surface area contributed by atoms with E-state index in [1.54, 1.807) is 0 Å². The largest absolute Gasteiger partial charge is 0.316 e. The van der Waals surface area contributed by atoms with Gasteiger partial charge in [0, 0.05) is 6.04 Å². The molecular weight excluding hydrogens is 242 g/mol. The highest BCUT2D eigenvalue weighted by atomic mass is 14.9. The molecule has 2 aromatic rings. The van der Waals surface area contributed by atoms with Crippen molar-refractivity contribution in [2.24, 2.45) is 0 Å². The minimum absolute atomic E-state index is 0.483. The first kappa shape index (κ1) is 14.8. The van der Waals surface area contributed by atoms with Crippen LogP contribution in [0.1, 0.15) is 27.8 Å². The second kappa shape index (κ2) is 6.71. The van der Waals surface area contributed by atoms with Crippen LogP contribution < -0.4 is 5.32 Å². The van der Waals surface area contributed by atoms with Gasteiger partial charge in [0.25, 0.3) is 0 Å². The minimum atomic E-state index is 0.483. The molecule has 0 aliphatic heterocycles. The first-order chi connectivity index (χ1) is 9.60. The van der Waals surface area contributed by atoms with E-state index < -0.39 is 0 Å². The normalized spacial score (nSPS) is 12.4.